The van der Waals surface area contributed by atoms with Crippen LogP contribution in [-0.2, 0) is 9.53 Å². The molecule has 72 valence electrons. The van der Waals surface area contributed by atoms with Gasteiger partial charge in [-0.2, -0.15) is 0 Å². The van der Waals surface area contributed by atoms with E-state index in [1.165, 1.54) is 0 Å². The molecule has 3 heteroatoms. The maximum Gasteiger partial charge on any atom is 0.162 e. The zero-order valence-corrected chi connectivity index (χ0v) is 7.71. The first-order valence-corrected chi connectivity index (χ1v) is 4.63. The number of ketones is 1. The van der Waals surface area contributed by atoms with Gasteiger partial charge in [-0.3, -0.25) is 4.79 Å². The molecule has 0 spiro atoms. The van der Waals surface area contributed by atoms with Gasteiger partial charge in [-0.05, 0) is 6.42 Å². The topological polar surface area (TPSA) is 38.3 Å². The molecule has 0 aliphatic carbocycles. The third-order valence-corrected chi connectivity index (χ3v) is 2.03. The van der Waals surface area contributed by atoms with Crippen LogP contribution in [0.2, 0.25) is 0 Å². The zero-order valence-electron chi connectivity index (χ0n) is 7.71. The number of Topliss-reactive ketones (excluding diaryl/α,β-unsaturated/α-hetero) is 1. The maximum atomic E-state index is 11.4. The summed E-state index contributed by atoms with van der Waals surface area (Å²) in [6.45, 7) is 2.12. The Bertz CT molecular complexity index is 201. The van der Waals surface area contributed by atoms with Gasteiger partial charge in [0.1, 0.15) is 6.10 Å². The van der Waals surface area contributed by atoms with E-state index in [1.807, 2.05) is 0 Å². The van der Waals surface area contributed by atoms with Crippen molar-refractivity contribution < 1.29 is 9.53 Å². The number of nitrogens with one attached hydrogen (secondary N) is 1. The van der Waals surface area contributed by atoms with Crippen molar-refractivity contribution in [2.75, 3.05) is 19.7 Å². The minimum atomic E-state index is -0.244. The van der Waals surface area contributed by atoms with Crippen LogP contribution in [0.4, 0.5) is 0 Å². The summed E-state index contributed by atoms with van der Waals surface area (Å²) in [4.78, 5) is 11.4. The Labute approximate surface area is 78.8 Å². The first-order chi connectivity index (χ1) is 6.34. The van der Waals surface area contributed by atoms with Crippen molar-refractivity contribution in [2.45, 2.75) is 25.4 Å². The molecule has 0 amide bonds. The lowest BCUT2D eigenvalue weighted by molar-refractivity contribution is -0.132. The Kier molecular flexibility index (Phi) is 4.52. The van der Waals surface area contributed by atoms with Gasteiger partial charge < -0.3 is 10.1 Å². The number of carbonyl (C=O) groups is 1. The molecule has 13 heavy (non-hydrogen) atoms. The first-order valence-electron chi connectivity index (χ1n) is 4.63. The number of terminal acetylenes is 1. The highest BCUT2D eigenvalue weighted by Gasteiger charge is 2.20. The van der Waals surface area contributed by atoms with Gasteiger partial charge in [0.2, 0.25) is 0 Å². The van der Waals surface area contributed by atoms with Crippen molar-refractivity contribution in [1.29, 1.82) is 0 Å². The highest BCUT2D eigenvalue weighted by molar-refractivity contribution is 5.83. The molecule has 1 N–H and O–H groups in total. The molecule has 0 radical (unpaired) electrons. The number of rotatable bonds is 4. The van der Waals surface area contributed by atoms with Gasteiger partial charge in [0.15, 0.2) is 5.78 Å². The summed E-state index contributed by atoms with van der Waals surface area (Å²) < 4.78 is 5.31. The molecule has 1 rings (SSSR count). The number of ether oxygens (including phenoxy) is 1. The molecule has 3 nitrogen and oxygen atoms in total. The summed E-state index contributed by atoms with van der Waals surface area (Å²) in [6.07, 6.45) is 6.83. The highest BCUT2D eigenvalue weighted by atomic mass is 16.5. The first kappa shape index (κ1) is 10.2. The standard InChI is InChI=1S/C10H15NO2/c1-2-3-4-5-9(12)10-8-11-6-7-13-10/h1,10-11H,3-8H2. The Hall–Kier alpha value is -0.850. The van der Waals surface area contributed by atoms with Crippen LogP contribution in [0.3, 0.4) is 0 Å². The molecule has 1 heterocycles. The number of unbranched alkanes of at least 4 members (excludes halogenated alkanes) is 1. The number of morpholine rings is 1. The van der Waals surface area contributed by atoms with Crippen LogP contribution in [0.1, 0.15) is 19.3 Å². The monoisotopic (exact) mass is 181 g/mol. The van der Waals surface area contributed by atoms with E-state index in [0.717, 1.165) is 13.0 Å². The van der Waals surface area contributed by atoms with Crippen LogP contribution in [0.5, 0.6) is 0 Å². The predicted octanol–water partition coefficient (Wildman–Crippen LogP) is 0.347. The largest absolute Gasteiger partial charge is 0.368 e. The van der Waals surface area contributed by atoms with Gasteiger partial charge in [0, 0.05) is 25.9 Å². The summed E-state index contributed by atoms with van der Waals surface area (Å²) in [5.74, 6) is 2.69. The van der Waals surface area contributed by atoms with Crippen LogP contribution in [-0.4, -0.2) is 31.6 Å². The van der Waals surface area contributed by atoms with E-state index < -0.39 is 0 Å². The lowest BCUT2D eigenvalue weighted by Gasteiger charge is -2.22. The smallest absolute Gasteiger partial charge is 0.162 e. The van der Waals surface area contributed by atoms with Crippen LogP contribution in [0.15, 0.2) is 0 Å². The molecule has 0 bridgehead atoms. The molecule has 0 saturated carbocycles. The Morgan fingerprint density at radius 2 is 2.54 bits per heavy atom. The normalized spacial score (nSPS) is 22.2. The molecule has 1 atom stereocenters. The maximum absolute atomic E-state index is 11.4. The van der Waals surface area contributed by atoms with Crippen molar-refractivity contribution in [1.82, 2.24) is 5.32 Å². The summed E-state index contributed by atoms with van der Waals surface area (Å²) in [7, 11) is 0. The fourth-order valence-electron chi connectivity index (χ4n) is 1.30. The number of hydrogen-bond acceptors (Lipinski definition) is 3. The lowest BCUT2D eigenvalue weighted by atomic mass is 10.1. The van der Waals surface area contributed by atoms with Gasteiger partial charge in [-0.15, -0.1) is 12.3 Å². The second-order valence-electron chi connectivity index (χ2n) is 3.09. The van der Waals surface area contributed by atoms with Crippen LogP contribution < -0.4 is 5.32 Å². The molecule has 0 aromatic heterocycles. The number of carbonyl (C=O) groups excluding carboxylic acids is 1. The fraction of sp³-hybridized carbons (Fsp3) is 0.700. The second-order valence-corrected chi connectivity index (χ2v) is 3.09. The predicted molar refractivity (Wildman–Crippen MR) is 50.3 cm³/mol. The third kappa shape index (κ3) is 3.58. The highest BCUT2D eigenvalue weighted by Crippen LogP contribution is 2.04. The van der Waals surface area contributed by atoms with E-state index in [1.54, 1.807) is 0 Å². The van der Waals surface area contributed by atoms with Crippen molar-refractivity contribution in [3.8, 4) is 12.3 Å². The van der Waals surface area contributed by atoms with Crippen LogP contribution >= 0.6 is 0 Å². The van der Waals surface area contributed by atoms with E-state index >= 15 is 0 Å². The van der Waals surface area contributed by atoms with Crippen molar-refractivity contribution in [2.24, 2.45) is 0 Å². The van der Waals surface area contributed by atoms with Gasteiger partial charge >= 0.3 is 0 Å². The molecular formula is C10H15NO2. The lowest BCUT2D eigenvalue weighted by Crippen LogP contribution is -2.43. The van der Waals surface area contributed by atoms with Gasteiger partial charge in [-0.1, -0.05) is 0 Å². The SMILES string of the molecule is C#CCCCC(=O)C1CNCCO1. The molecule has 1 saturated heterocycles. The van der Waals surface area contributed by atoms with E-state index in [-0.39, 0.29) is 11.9 Å². The summed E-state index contributed by atoms with van der Waals surface area (Å²) in [5.41, 5.74) is 0. The zero-order chi connectivity index (χ0) is 9.52. The molecular weight excluding hydrogens is 166 g/mol. The average Bonchev–Trinajstić information content (AvgIpc) is 2.19. The van der Waals surface area contributed by atoms with Gasteiger partial charge in [0.05, 0.1) is 6.61 Å². The summed E-state index contributed by atoms with van der Waals surface area (Å²) in [5, 5.41) is 3.12. The van der Waals surface area contributed by atoms with Crippen LogP contribution in [0, 0.1) is 12.3 Å². The molecule has 1 fully saturated rings. The van der Waals surface area contributed by atoms with Gasteiger partial charge in [-0.25, -0.2) is 0 Å². The average molecular weight is 181 g/mol. The quantitative estimate of drug-likeness (QED) is 0.502. The fourth-order valence-corrected chi connectivity index (χ4v) is 1.30. The van der Waals surface area contributed by atoms with E-state index in [0.29, 0.717) is 26.0 Å². The van der Waals surface area contributed by atoms with Gasteiger partial charge in [0.25, 0.3) is 0 Å². The molecule has 0 aromatic carbocycles. The minimum Gasteiger partial charge on any atom is -0.368 e. The Morgan fingerprint density at radius 3 is 3.15 bits per heavy atom. The summed E-state index contributed by atoms with van der Waals surface area (Å²) in [6, 6.07) is 0. The van der Waals surface area contributed by atoms with E-state index in [9.17, 15) is 4.79 Å². The number of hydrogen-bond donors (Lipinski definition) is 1. The van der Waals surface area contributed by atoms with Crippen molar-refractivity contribution >= 4 is 5.78 Å². The molecule has 0 aromatic rings. The Balaban J connectivity index is 2.18. The molecule has 1 unspecified atom stereocenters. The van der Waals surface area contributed by atoms with Crippen molar-refractivity contribution in [3.05, 3.63) is 0 Å². The van der Waals surface area contributed by atoms with Crippen molar-refractivity contribution in [3.63, 3.8) is 0 Å². The van der Waals surface area contributed by atoms with E-state index in [4.69, 9.17) is 11.2 Å². The van der Waals surface area contributed by atoms with Crippen LogP contribution in [0.25, 0.3) is 0 Å². The Morgan fingerprint density at radius 1 is 1.69 bits per heavy atom. The van der Waals surface area contributed by atoms with E-state index in [2.05, 4.69) is 11.2 Å². The summed E-state index contributed by atoms with van der Waals surface area (Å²) >= 11 is 0. The second kappa shape index (κ2) is 5.74. The molecule has 1 aliphatic rings. The third-order valence-electron chi connectivity index (χ3n) is 2.03. The molecule has 1 aliphatic heterocycles. The minimum absolute atomic E-state index is 0.169.